The second-order valence-electron chi connectivity index (χ2n) is 2.86. The molecule has 0 aliphatic carbocycles. The van der Waals surface area contributed by atoms with Crippen molar-refractivity contribution in [2.45, 2.75) is 0 Å². The first kappa shape index (κ1) is 10.7. The van der Waals surface area contributed by atoms with E-state index in [1.54, 1.807) is 12.1 Å². The van der Waals surface area contributed by atoms with Crippen LogP contribution in [0.1, 0.15) is 5.56 Å². The van der Waals surface area contributed by atoms with E-state index >= 15 is 0 Å². The van der Waals surface area contributed by atoms with Gasteiger partial charge >= 0.3 is 0 Å². The topological polar surface area (TPSA) is 36.7 Å². The van der Waals surface area contributed by atoms with Gasteiger partial charge in [0.05, 0.1) is 10.5 Å². The van der Waals surface area contributed by atoms with Gasteiger partial charge < -0.3 is 0 Å². The van der Waals surface area contributed by atoms with Crippen molar-refractivity contribution in [1.82, 2.24) is 4.98 Å². The van der Waals surface area contributed by atoms with E-state index in [0.29, 0.717) is 10.5 Å². The monoisotopic (exact) mass is 300 g/mol. The molecule has 2 nitrogen and oxygen atoms in total. The number of nitrogens with zero attached hydrogens (tertiary/aromatic N) is 2. The standard InChI is InChI=1S/C10H3BrCl2N2/c11-5-1-2-6-8(3-5)15-10(13)7(4-14)9(6)12/h1-3H. The van der Waals surface area contributed by atoms with Gasteiger partial charge in [0.1, 0.15) is 16.8 Å². The molecule has 0 saturated carbocycles. The number of rotatable bonds is 0. The Morgan fingerprint density at radius 1 is 1.33 bits per heavy atom. The van der Waals surface area contributed by atoms with Crippen LogP contribution in [0.4, 0.5) is 0 Å². The quantitative estimate of drug-likeness (QED) is 0.685. The van der Waals surface area contributed by atoms with Crippen LogP contribution in [0.3, 0.4) is 0 Å². The van der Waals surface area contributed by atoms with Crippen LogP contribution in [-0.4, -0.2) is 4.98 Å². The van der Waals surface area contributed by atoms with E-state index in [0.717, 1.165) is 9.86 Å². The molecule has 2 aromatic rings. The lowest BCUT2D eigenvalue weighted by Crippen LogP contribution is -1.88. The summed E-state index contributed by atoms with van der Waals surface area (Å²) in [5.41, 5.74) is 0.881. The summed E-state index contributed by atoms with van der Waals surface area (Å²) in [6.45, 7) is 0. The summed E-state index contributed by atoms with van der Waals surface area (Å²) in [6.07, 6.45) is 0. The number of hydrogen-bond acceptors (Lipinski definition) is 2. The van der Waals surface area contributed by atoms with Gasteiger partial charge in [-0.3, -0.25) is 0 Å². The molecule has 0 atom stereocenters. The minimum atomic E-state index is 0.133. The third-order valence-corrected chi connectivity index (χ3v) is 3.11. The highest BCUT2D eigenvalue weighted by Crippen LogP contribution is 2.31. The average molecular weight is 302 g/mol. The van der Waals surface area contributed by atoms with Crippen molar-refractivity contribution in [2.24, 2.45) is 0 Å². The van der Waals surface area contributed by atoms with Crippen LogP contribution in [0.5, 0.6) is 0 Å². The maximum absolute atomic E-state index is 8.85. The Kier molecular flexibility index (Phi) is 2.83. The molecular weight excluding hydrogens is 299 g/mol. The maximum Gasteiger partial charge on any atom is 0.149 e. The molecule has 0 N–H and O–H groups in total. The SMILES string of the molecule is N#Cc1c(Cl)nc2cc(Br)ccc2c1Cl. The highest BCUT2D eigenvalue weighted by Gasteiger charge is 2.11. The summed E-state index contributed by atoms with van der Waals surface area (Å²) in [5, 5.41) is 10.0. The van der Waals surface area contributed by atoms with Gasteiger partial charge in [0.15, 0.2) is 0 Å². The summed E-state index contributed by atoms with van der Waals surface area (Å²) in [5.74, 6) is 0. The van der Waals surface area contributed by atoms with E-state index in [1.807, 2.05) is 12.1 Å². The van der Waals surface area contributed by atoms with Gasteiger partial charge in [-0.05, 0) is 12.1 Å². The Hall–Kier alpha value is -0.820. The van der Waals surface area contributed by atoms with Gasteiger partial charge in [0, 0.05) is 9.86 Å². The Morgan fingerprint density at radius 2 is 2.07 bits per heavy atom. The van der Waals surface area contributed by atoms with E-state index in [2.05, 4.69) is 20.9 Å². The minimum Gasteiger partial charge on any atom is -0.235 e. The number of fused-ring (bicyclic) bond motifs is 1. The van der Waals surface area contributed by atoms with Crippen molar-refractivity contribution in [3.05, 3.63) is 38.4 Å². The van der Waals surface area contributed by atoms with Crippen molar-refractivity contribution >= 4 is 50.0 Å². The Balaban J connectivity index is 2.92. The van der Waals surface area contributed by atoms with Crippen molar-refractivity contribution in [1.29, 1.82) is 5.26 Å². The first-order valence-electron chi connectivity index (χ1n) is 3.98. The van der Waals surface area contributed by atoms with Gasteiger partial charge in [-0.2, -0.15) is 5.26 Å². The third-order valence-electron chi connectivity index (χ3n) is 1.95. The molecule has 0 fully saturated rings. The maximum atomic E-state index is 8.85. The molecule has 0 aliphatic heterocycles. The van der Waals surface area contributed by atoms with E-state index in [-0.39, 0.29) is 10.7 Å². The van der Waals surface area contributed by atoms with Crippen LogP contribution in [0.2, 0.25) is 10.2 Å². The fraction of sp³-hybridized carbons (Fsp3) is 0. The summed E-state index contributed by atoms with van der Waals surface area (Å²) in [7, 11) is 0. The molecule has 0 aliphatic rings. The van der Waals surface area contributed by atoms with Crippen LogP contribution in [-0.2, 0) is 0 Å². The highest BCUT2D eigenvalue weighted by atomic mass is 79.9. The van der Waals surface area contributed by atoms with Crippen LogP contribution < -0.4 is 0 Å². The number of aromatic nitrogens is 1. The molecule has 2 rings (SSSR count). The van der Waals surface area contributed by atoms with Crippen molar-refractivity contribution in [2.75, 3.05) is 0 Å². The molecule has 1 heterocycles. The summed E-state index contributed by atoms with van der Waals surface area (Å²) >= 11 is 15.2. The van der Waals surface area contributed by atoms with Crippen LogP contribution in [0.25, 0.3) is 10.9 Å². The number of hydrogen-bond donors (Lipinski definition) is 0. The molecular formula is C10H3BrCl2N2. The predicted molar refractivity (Wildman–Crippen MR) is 64.2 cm³/mol. The predicted octanol–water partition coefficient (Wildman–Crippen LogP) is 4.18. The van der Waals surface area contributed by atoms with E-state index in [4.69, 9.17) is 28.5 Å². The van der Waals surface area contributed by atoms with E-state index < -0.39 is 0 Å². The molecule has 0 amide bonds. The molecule has 1 aromatic carbocycles. The van der Waals surface area contributed by atoms with Crippen molar-refractivity contribution in [3.63, 3.8) is 0 Å². The zero-order chi connectivity index (χ0) is 11.0. The van der Waals surface area contributed by atoms with Crippen LogP contribution >= 0.6 is 39.1 Å². The number of benzene rings is 1. The Morgan fingerprint density at radius 3 is 2.73 bits per heavy atom. The number of pyridine rings is 1. The van der Waals surface area contributed by atoms with Gasteiger partial charge in [-0.25, -0.2) is 4.98 Å². The van der Waals surface area contributed by atoms with Crippen molar-refractivity contribution in [3.8, 4) is 6.07 Å². The first-order chi connectivity index (χ1) is 7.13. The molecule has 5 heteroatoms. The molecule has 74 valence electrons. The Bertz CT molecular complexity index is 590. The molecule has 0 saturated heterocycles. The second kappa shape index (κ2) is 3.97. The zero-order valence-electron chi connectivity index (χ0n) is 7.26. The summed E-state index contributed by atoms with van der Waals surface area (Å²) in [4.78, 5) is 4.10. The fourth-order valence-electron chi connectivity index (χ4n) is 1.26. The highest BCUT2D eigenvalue weighted by molar-refractivity contribution is 9.10. The molecule has 0 unspecified atom stereocenters. The minimum absolute atomic E-state index is 0.133. The molecule has 15 heavy (non-hydrogen) atoms. The molecule has 0 bridgehead atoms. The van der Waals surface area contributed by atoms with Gasteiger partial charge in [-0.1, -0.05) is 45.2 Å². The zero-order valence-corrected chi connectivity index (χ0v) is 10.4. The molecule has 1 aromatic heterocycles. The lowest BCUT2D eigenvalue weighted by atomic mass is 10.2. The average Bonchev–Trinajstić information content (AvgIpc) is 2.17. The molecule has 0 radical (unpaired) electrons. The second-order valence-corrected chi connectivity index (χ2v) is 4.52. The summed E-state index contributed by atoms with van der Waals surface area (Å²) in [6, 6.07) is 7.37. The lowest BCUT2D eigenvalue weighted by Gasteiger charge is -2.03. The third kappa shape index (κ3) is 1.81. The number of halogens is 3. The first-order valence-corrected chi connectivity index (χ1v) is 5.52. The van der Waals surface area contributed by atoms with E-state index in [9.17, 15) is 0 Å². The normalized spacial score (nSPS) is 10.3. The fourth-order valence-corrected chi connectivity index (χ4v) is 2.18. The van der Waals surface area contributed by atoms with Crippen molar-refractivity contribution < 1.29 is 0 Å². The molecule has 0 spiro atoms. The van der Waals surface area contributed by atoms with Crippen LogP contribution in [0.15, 0.2) is 22.7 Å². The van der Waals surface area contributed by atoms with Gasteiger partial charge in [0.2, 0.25) is 0 Å². The summed E-state index contributed by atoms with van der Waals surface area (Å²) < 4.78 is 0.888. The van der Waals surface area contributed by atoms with Gasteiger partial charge in [0.25, 0.3) is 0 Å². The van der Waals surface area contributed by atoms with Crippen LogP contribution in [0, 0.1) is 11.3 Å². The Labute approximate surface area is 105 Å². The number of nitriles is 1. The van der Waals surface area contributed by atoms with Gasteiger partial charge in [-0.15, -0.1) is 0 Å². The van der Waals surface area contributed by atoms with E-state index in [1.165, 1.54) is 0 Å². The smallest absolute Gasteiger partial charge is 0.149 e. The lowest BCUT2D eigenvalue weighted by molar-refractivity contribution is 1.37. The largest absolute Gasteiger partial charge is 0.235 e.